The largest absolute Gasteiger partial charge is 0.493 e. The summed E-state index contributed by atoms with van der Waals surface area (Å²) in [5.74, 6) is 1.06. The van der Waals surface area contributed by atoms with Crippen LogP contribution in [0.5, 0.6) is 11.5 Å². The van der Waals surface area contributed by atoms with Crippen LogP contribution >= 0.6 is 0 Å². The molecule has 1 aliphatic heterocycles. The lowest BCUT2D eigenvalue weighted by atomic mass is 9.93. The molecule has 2 rings (SSSR count). The molecule has 0 amide bonds. The molecule has 0 fully saturated rings. The Labute approximate surface area is 112 Å². The fraction of sp³-hybridized carbons (Fsp3) is 0.500. The summed E-state index contributed by atoms with van der Waals surface area (Å²) in [6.07, 6.45) is 0.853. The number of hydrogen-bond acceptors (Lipinski definition) is 5. The summed E-state index contributed by atoms with van der Waals surface area (Å²) in [6.45, 7) is 2.92. The molecule has 1 aromatic carbocycles. The highest BCUT2D eigenvalue weighted by molar-refractivity contribution is 5.79. The summed E-state index contributed by atoms with van der Waals surface area (Å²) in [5, 5.41) is 3.18. The zero-order valence-corrected chi connectivity index (χ0v) is 11.5. The summed E-state index contributed by atoms with van der Waals surface area (Å²) in [7, 11) is 3.19. The molecule has 0 aliphatic carbocycles. The van der Waals surface area contributed by atoms with E-state index in [9.17, 15) is 4.79 Å². The molecule has 0 spiro atoms. The number of benzene rings is 1. The Balaban J connectivity index is 2.40. The van der Waals surface area contributed by atoms with E-state index < -0.39 is 6.04 Å². The Morgan fingerprint density at radius 1 is 1.32 bits per heavy atom. The van der Waals surface area contributed by atoms with Crippen LogP contribution in [0.4, 0.5) is 0 Å². The van der Waals surface area contributed by atoms with Crippen LogP contribution < -0.4 is 14.8 Å². The van der Waals surface area contributed by atoms with Crippen LogP contribution in [0.2, 0.25) is 0 Å². The summed E-state index contributed by atoms with van der Waals surface area (Å²) in [5.41, 5.74) is 2.00. The van der Waals surface area contributed by atoms with E-state index in [-0.39, 0.29) is 5.97 Å². The summed E-state index contributed by atoms with van der Waals surface area (Å²) in [4.78, 5) is 12.0. The van der Waals surface area contributed by atoms with Gasteiger partial charge in [0.1, 0.15) is 6.04 Å². The Morgan fingerprint density at radius 3 is 2.63 bits per heavy atom. The predicted molar refractivity (Wildman–Crippen MR) is 70.6 cm³/mol. The van der Waals surface area contributed by atoms with Gasteiger partial charge in [0.05, 0.1) is 20.8 Å². The van der Waals surface area contributed by atoms with Gasteiger partial charge in [-0.05, 0) is 36.6 Å². The summed E-state index contributed by atoms with van der Waals surface area (Å²) in [6, 6.07) is 3.35. The molecular weight excluding hydrogens is 246 g/mol. The van der Waals surface area contributed by atoms with E-state index in [1.165, 1.54) is 0 Å². The van der Waals surface area contributed by atoms with Crippen molar-refractivity contribution in [3.63, 3.8) is 0 Å². The average Bonchev–Trinajstić information content (AvgIpc) is 2.45. The monoisotopic (exact) mass is 265 g/mol. The lowest BCUT2D eigenvalue weighted by Gasteiger charge is -2.26. The molecule has 0 saturated heterocycles. The molecule has 0 aromatic heterocycles. The first-order chi connectivity index (χ1) is 9.21. The maximum absolute atomic E-state index is 12.0. The van der Waals surface area contributed by atoms with Gasteiger partial charge in [0.2, 0.25) is 0 Å². The van der Waals surface area contributed by atoms with Crippen LogP contribution in [-0.2, 0) is 16.0 Å². The smallest absolute Gasteiger partial charge is 0.327 e. The zero-order valence-electron chi connectivity index (χ0n) is 11.5. The van der Waals surface area contributed by atoms with Crippen molar-refractivity contribution in [1.82, 2.24) is 5.32 Å². The Bertz CT molecular complexity index is 473. The van der Waals surface area contributed by atoms with Gasteiger partial charge in [-0.15, -0.1) is 0 Å². The molecule has 0 saturated carbocycles. The van der Waals surface area contributed by atoms with Crippen molar-refractivity contribution >= 4 is 5.97 Å². The van der Waals surface area contributed by atoms with Crippen molar-refractivity contribution in [1.29, 1.82) is 0 Å². The van der Waals surface area contributed by atoms with E-state index in [1.54, 1.807) is 21.1 Å². The van der Waals surface area contributed by atoms with Gasteiger partial charge >= 0.3 is 5.97 Å². The topological polar surface area (TPSA) is 56.8 Å². The van der Waals surface area contributed by atoms with Crippen molar-refractivity contribution in [3.8, 4) is 11.5 Å². The van der Waals surface area contributed by atoms with Gasteiger partial charge in [-0.3, -0.25) is 0 Å². The standard InChI is InChI=1S/C14H19NO4/c1-4-19-14(16)13-10-8-12(18-3)11(17-2)7-9(10)5-6-15-13/h7-8,13,15H,4-6H2,1-3H3/t13-/m0/s1. The quantitative estimate of drug-likeness (QED) is 0.835. The van der Waals surface area contributed by atoms with Crippen LogP contribution in [0.25, 0.3) is 0 Å². The second kappa shape index (κ2) is 5.93. The molecule has 1 heterocycles. The molecule has 1 aromatic rings. The van der Waals surface area contributed by atoms with Gasteiger partial charge in [-0.1, -0.05) is 0 Å². The predicted octanol–water partition coefficient (Wildman–Crippen LogP) is 1.45. The molecule has 1 atom stereocenters. The molecule has 5 heteroatoms. The number of hydrogen-bond donors (Lipinski definition) is 1. The van der Waals surface area contributed by atoms with Crippen LogP contribution in [0.15, 0.2) is 12.1 Å². The van der Waals surface area contributed by atoms with E-state index in [4.69, 9.17) is 14.2 Å². The van der Waals surface area contributed by atoms with E-state index in [2.05, 4.69) is 5.32 Å². The Morgan fingerprint density at radius 2 is 2.00 bits per heavy atom. The fourth-order valence-electron chi connectivity index (χ4n) is 2.32. The third kappa shape index (κ3) is 2.66. The lowest BCUT2D eigenvalue weighted by Crippen LogP contribution is -2.36. The molecule has 5 nitrogen and oxygen atoms in total. The number of nitrogens with one attached hydrogen (secondary N) is 1. The lowest BCUT2D eigenvalue weighted by molar-refractivity contribution is -0.146. The van der Waals surface area contributed by atoms with E-state index in [0.29, 0.717) is 18.1 Å². The van der Waals surface area contributed by atoms with E-state index >= 15 is 0 Å². The molecule has 1 aliphatic rings. The fourth-order valence-corrected chi connectivity index (χ4v) is 2.32. The van der Waals surface area contributed by atoms with Crippen molar-refractivity contribution in [2.45, 2.75) is 19.4 Å². The molecule has 0 bridgehead atoms. The second-order valence-electron chi connectivity index (χ2n) is 4.30. The molecule has 0 radical (unpaired) electrons. The second-order valence-corrected chi connectivity index (χ2v) is 4.30. The van der Waals surface area contributed by atoms with E-state index in [0.717, 1.165) is 24.1 Å². The minimum Gasteiger partial charge on any atom is -0.493 e. The van der Waals surface area contributed by atoms with Gasteiger partial charge in [-0.2, -0.15) is 0 Å². The number of esters is 1. The maximum atomic E-state index is 12.0. The molecule has 19 heavy (non-hydrogen) atoms. The minimum atomic E-state index is -0.427. The summed E-state index contributed by atoms with van der Waals surface area (Å²) < 4.78 is 15.7. The zero-order chi connectivity index (χ0) is 13.8. The van der Waals surface area contributed by atoms with Crippen LogP contribution in [-0.4, -0.2) is 33.3 Å². The number of fused-ring (bicyclic) bond motifs is 1. The van der Waals surface area contributed by atoms with Crippen LogP contribution in [0.3, 0.4) is 0 Å². The van der Waals surface area contributed by atoms with Gasteiger partial charge in [0, 0.05) is 6.54 Å². The third-order valence-electron chi connectivity index (χ3n) is 3.22. The number of methoxy groups -OCH3 is 2. The highest BCUT2D eigenvalue weighted by Gasteiger charge is 2.28. The van der Waals surface area contributed by atoms with E-state index in [1.807, 2.05) is 12.1 Å². The number of ether oxygens (including phenoxy) is 3. The first-order valence-electron chi connectivity index (χ1n) is 6.36. The SMILES string of the molecule is CCOC(=O)[C@H]1NCCc2cc(OC)c(OC)cc21. The van der Waals surface area contributed by atoms with Gasteiger partial charge < -0.3 is 19.5 Å². The van der Waals surface area contributed by atoms with Gasteiger partial charge in [0.15, 0.2) is 11.5 Å². The normalized spacial score (nSPS) is 17.5. The Hall–Kier alpha value is -1.75. The highest BCUT2D eigenvalue weighted by Crippen LogP contribution is 2.35. The van der Waals surface area contributed by atoms with Gasteiger partial charge in [-0.25, -0.2) is 4.79 Å². The van der Waals surface area contributed by atoms with Gasteiger partial charge in [0.25, 0.3) is 0 Å². The minimum absolute atomic E-state index is 0.254. The van der Waals surface area contributed by atoms with Crippen molar-refractivity contribution in [2.24, 2.45) is 0 Å². The number of carbonyl (C=O) groups is 1. The first kappa shape index (κ1) is 13.7. The Kier molecular flexibility index (Phi) is 4.27. The highest BCUT2D eigenvalue weighted by atomic mass is 16.5. The van der Waals surface area contributed by atoms with Crippen LogP contribution in [0.1, 0.15) is 24.1 Å². The number of carbonyl (C=O) groups excluding carboxylic acids is 1. The number of rotatable bonds is 4. The van der Waals surface area contributed by atoms with Crippen molar-refractivity contribution in [2.75, 3.05) is 27.4 Å². The first-order valence-corrected chi connectivity index (χ1v) is 6.36. The maximum Gasteiger partial charge on any atom is 0.327 e. The molecule has 0 unspecified atom stereocenters. The van der Waals surface area contributed by atoms with Crippen molar-refractivity contribution in [3.05, 3.63) is 23.3 Å². The molecular formula is C14H19NO4. The summed E-state index contributed by atoms with van der Waals surface area (Å²) >= 11 is 0. The molecule has 1 N–H and O–H groups in total. The third-order valence-corrected chi connectivity index (χ3v) is 3.22. The van der Waals surface area contributed by atoms with Crippen molar-refractivity contribution < 1.29 is 19.0 Å². The molecule has 104 valence electrons. The van der Waals surface area contributed by atoms with Crippen LogP contribution in [0, 0.1) is 0 Å². The average molecular weight is 265 g/mol.